The van der Waals surface area contributed by atoms with Crippen molar-refractivity contribution in [3.8, 4) is 0 Å². The molecule has 2 unspecified atom stereocenters. The van der Waals surface area contributed by atoms with E-state index < -0.39 is 0 Å². The SMILES string of the molecule is CCC(/C=N\NC(=C(C)C)c1ccc(CS)cc1)CC(C)CON. The molecule has 0 heterocycles. The van der Waals surface area contributed by atoms with E-state index in [9.17, 15) is 0 Å². The Morgan fingerprint density at radius 1 is 1.33 bits per heavy atom. The number of nitrogens with zero attached hydrogens (tertiary/aromatic N) is 1. The fraction of sp³-hybridized carbons (Fsp3) is 0.526. The third-order valence-electron chi connectivity index (χ3n) is 4.00. The summed E-state index contributed by atoms with van der Waals surface area (Å²) in [6, 6.07) is 8.41. The third-order valence-corrected chi connectivity index (χ3v) is 4.36. The summed E-state index contributed by atoms with van der Waals surface area (Å²) < 4.78 is 0. The van der Waals surface area contributed by atoms with Crippen molar-refractivity contribution in [2.45, 2.75) is 46.3 Å². The highest BCUT2D eigenvalue weighted by Crippen LogP contribution is 2.18. The van der Waals surface area contributed by atoms with Crippen molar-refractivity contribution in [1.82, 2.24) is 5.43 Å². The highest BCUT2D eigenvalue weighted by molar-refractivity contribution is 7.79. The van der Waals surface area contributed by atoms with E-state index in [1.54, 1.807) is 0 Å². The van der Waals surface area contributed by atoms with Crippen LogP contribution in [0.5, 0.6) is 0 Å². The second-order valence-corrected chi connectivity index (χ2v) is 6.78. The third kappa shape index (κ3) is 7.07. The van der Waals surface area contributed by atoms with Gasteiger partial charge in [-0.25, -0.2) is 5.90 Å². The van der Waals surface area contributed by atoms with Gasteiger partial charge in [-0.2, -0.15) is 17.7 Å². The predicted octanol–water partition coefficient (Wildman–Crippen LogP) is 4.39. The van der Waals surface area contributed by atoms with Gasteiger partial charge in [0.1, 0.15) is 0 Å². The van der Waals surface area contributed by atoms with Gasteiger partial charge in [-0.05, 0) is 49.7 Å². The van der Waals surface area contributed by atoms with Crippen LogP contribution in [-0.4, -0.2) is 12.8 Å². The van der Waals surface area contributed by atoms with Crippen LogP contribution in [0.25, 0.3) is 5.70 Å². The van der Waals surface area contributed by atoms with Gasteiger partial charge in [0.25, 0.3) is 0 Å². The summed E-state index contributed by atoms with van der Waals surface area (Å²) >= 11 is 4.30. The molecule has 0 aliphatic carbocycles. The van der Waals surface area contributed by atoms with E-state index >= 15 is 0 Å². The number of nitrogens with two attached hydrogens (primary N) is 1. The zero-order chi connectivity index (χ0) is 17.9. The monoisotopic (exact) mass is 349 g/mol. The maximum absolute atomic E-state index is 5.15. The van der Waals surface area contributed by atoms with Crippen LogP contribution in [-0.2, 0) is 10.6 Å². The molecule has 1 rings (SSSR count). The fourth-order valence-electron chi connectivity index (χ4n) is 2.53. The van der Waals surface area contributed by atoms with Gasteiger partial charge >= 0.3 is 0 Å². The fourth-order valence-corrected chi connectivity index (χ4v) is 2.74. The Morgan fingerprint density at radius 3 is 2.50 bits per heavy atom. The van der Waals surface area contributed by atoms with Crippen LogP contribution in [0.1, 0.15) is 51.7 Å². The maximum atomic E-state index is 5.15. The number of rotatable bonds is 10. The summed E-state index contributed by atoms with van der Waals surface area (Å²) in [4.78, 5) is 4.73. The van der Waals surface area contributed by atoms with Crippen LogP contribution < -0.4 is 11.3 Å². The van der Waals surface area contributed by atoms with E-state index in [1.165, 1.54) is 11.1 Å². The van der Waals surface area contributed by atoms with Gasteiger partial charge in [0, 0.05) is 12.0 Å². The van der Waals surface area contributed by atoms with Gasteiger partial charge < -0.3 is 4.84 Å². The van der Waals surface area contributed by atoms with E-state index in [-0.39, 0.29) is 0 Å². The Hall–Kier alpha value is -1.30. The van der Waals surface area contributed by atoms with Crippen molar-refractivity contribution in [2.75, 3.05) is 6.61 Å². The molecule has 0 fully saturated rings. The summed E-state index contributed by atoms with van der Waals surface area (Å²) in [6.07, 6.45) is 4.05. The first-order chi connectivity index (χ1) is 11.5. The van der Waals surface area contributed by atoms with E-state index in [1.807, 2.05) is 6.21 Å². The maximum Gasteiger partial charge on any atom is 0.0705 e. The minimum Gasteiger partial charge on any atom is -0.304 e. The Labute approximate surface area is 151 Å². The molecule has 0 radical (unpaired) electrons. The van der Waals surface area contributed by atoms with Crippen molar-refractivity contribution in [1.29, 1.82) is 0 Å². The lowest BCUT2D eigenvalue weighted by molar-refractivity contribution is 0.101. The first kappa shape index (κ1) is 20.7. The van der Waals surface area contributed by atoms with Crippen LogP contribution in [0.15, 0.2) is 34.9 Å². The summed E-state index contributed by atoms with van der Waals surface area (Å²) in [7, 11) is 0. The Morgan fingerprint density at radius 2 is 2.00 bits per heavy atom. The average Bonchev–Trinajstić information content (AvgIpc) is 2.57. The van der Waals surface area contributed by atoms with Crippen LogP contribution in [0.4, 0.5) is 0 Å². The van der Waals surface area contributed by atoms with Crippen molar-refractivity contribution in [3.05, 3.63) is 41.0 Å². The van der Waals surface area contributed by atoms with E-state index in [2.05, 4.69) is 75.1 Å². The normalized spacial score (nSPS) is 13.8. The van der Waals surface area contributed by atoms with Crippen LogP contribution in [0.3, 0.4) is 0 Å². The largest absolute Gasteiger partial charge is 0.304 e. The number of hydrazone groups is 1. The van der Waals surface area contributed by atoms with E-state index in [0.717, 1.165) is 29.9 Å². The summed E-state index contributed by atoms with van der Waals surface area (Å²) in [5, 5.41) is 4.48. The molecule has 0 spiro atoms. The molecule has 0 amide bonds. The molecule has 0 saturated carbocycles. The lowest BCUT2D eigenvalue weighted by atomic mass is 9.95. The topological polar surface area (TPSA) is 59.6 Å². The average molecular weight is 350 g/mol. The van der Waals surface area contributed by atoms with Gasteiger partial charge in [0.2, 0.25) is 0 Å². The number of benzene rings is 1. The summed E-state index contributed by atoms with van der Waals surface area (Å²) in [5.74, 6) is 6.73. The zero-order valence-electron chi connectivity index (χ0n) is 15.2. The molecule has 2 atom stereocenters. The molecular weight excluding hydrogens is 318 g/mol. The molecule has 3 N–H and O–H groups in total. The smallest absolute Gasteiger partial charge is 0.0705 e. The first-order valence-corrected chi connectivity index (χ1v) is 9.13. The van der Waals surface area contributed by atoms with Crippen LogP contribution in [0.2, 0.25) is 0 Å². The highest BCUT2D eigenvalue weighted by atomic mass is 32.1. The lowest BCUT2D eigenvalue weighted by Crippen LogP contribution is -2.16. The molecule has 4 nitrogen and oxygen atoms in total. The van der Waals surface area contributed by atoms with Crippen molar-refractivity contribution >= 4 is 24.5 Å². The summed E-state index contributed by atoms with van der Waals surface area (Å²) in [6.45, 7) is 9.06. The summed E-state index contributed by atoms with van der Waals surface area (Å²) in [5.41, 5.74) is 7.81. The highest BCUT2D eigenvalue weighted by Gasteiger charge is 2.10. The lowest BCUT2D eigenvalue weighted by Gasteiger charge is -2.15. The van der Waals surface area contributed by atoms with E-state index in [0.29, 0.717) is 18.4 Å². The van der Waals surface area contributed by atoms with Crippen molar-refractivity contribution < 1.29 is 4.84 Å². The Kier molecular flexibility index (Phi) is 9.76. The molecule has 0 saturated heterocycles. The minimum atomic E-state index is 0.410. The van der Waals surface area contributed by atoms with Crippen LogP contribution >= 0.6 is 12.6 Å². The van der Waals surface area contributed by atoms with Crippen LogP contribution in [0, 0.1) is 11.8 Å². The molecular formula is C19H31N3OS. The predicted molar refractivity (Wildman–Crippen MR) is 107 cm³/mol. The van der Waals surface area contributed by atoms with Gasteiger partial charge in [-0.15, -0.1) is 0 Å². The van der Waals surface area contributed by atoms with Crippen molar-refractivity contribution in [3.63, 3.8) is 0 Å². The second kappa shape index (κ2) is 11.3. The van der Waals surface area contributed by atoms with Gasteiger partial charge in [-0.3, -0.25) is 5.43 Å². The number of thiol groups is 1. The number of allylic oxidation sites excluding steroid dienone is 1. The second-order valence-electron chi connectivity index (χ2n) is 6.46. The molecule has 5 heteroatoms. The molecule has 1 aromatic carbocycles. The van der Waals surface area contributed by atoms with Gasteiger partial charge in [0.05, 0.1) is 12.3 Å². The standard InChI is InChI=1S/C19H31N3OS/c1-5-16(10-15(4)12-23-20)11-21-22-19(14(2)3)18-8-6-17(13-24)7-9-18/h6-9,11,15-16,22,24H,5,10,12-13,20H2,1-4H3/b21-11-. The Bertz CT molecular complexity index is 536. The Balaban J connectivity index is 2.73. The van der Waals surface area contributed by atoms with Crippen molar-refractivity contribution in [2.24, 2.45) is 22.8 Å². The van der Waals surface area contributed by atoms with E-state index in [4.69, 9.17) is 10.7 Å². The quantitative estimate of drug-likeness (QED) is 0.334. The molecule has 0 aromatic heterocycles. The minimum absolute atomic E-state index is 0.410. The van der Waals surface area contributed by atoms with Gasteiger partial charge in [0.15, 0.2) is 0 Å². The molecule has 0 bridgehead atoms. The van der Waals surface area contributed by atoms with Gasteiger partial charge in [-0.1, -0.05) is 43.7 Å². The molecule has 0 aliphatic heterocycles. The first-order valence-electron chi connectivity index (χ1n) is 8.50. The molecule has 134 valence electrons. The number of nitrogens with one attached hydrogen (secondary N) is 1. The number of hydrogen-bond donors (Lipinski definition) is 3. The number of hydrogen-bond acceptors (Lipinski definition) is 5. The zero-order valence-corrected chi connectivity index (χ0v) is 16.1. The molecule has 24 heavy (non-hydrogen) atoms. The molecule has 1 aromatic rings. The molecule has 0 aliphatic rings.